The molecule has 0 aromatic heterocycles. The summed E-state index contributed by atoms with van der Waals surface area (Å²) < 4.78 is 0. The molecule has 2 heteroatoms. The predicted octanol–water partition coefficient (Wildman–Crippen LogP) is 3.12. The first-order chi connectivity index (χ1) is 12.9. The topological polar surface area (TPSA) is 0 Å². The van der Waals surface area contributed by atoms with Gasteiger partial charge in [0.15, 0.2) is 0 Å². The van der Waals surface area contributed by atoms with E-state index in [-0.39, 0.29) is 38.3 Å². The van der Waals surface area contributed by atoms with Crippen molar-refractivity contribution in [3.63, 3.8) is 0 Å². The summed E-state index contributed by atoms with van der Waals surface area (Å²) in [5.41, 5.74) is 11.0. The molecule has 0 amide bonds. The summed E-state index contributed by atoms with van der Waals surface area (Å²) in [5, 5.41) is 0. The number of benzene rings is 4. The SMILES string of the molecule is [Cl-].[Sc+3].[c-]1cccc2c1Cc1ccccc1-2.[c-]1cccc2c1Cc1ccccc1-2. The van der Waals surface area contributed by atoms with Gasteiger partial charge in [-0.2, -0.15) is 59.7 Å². The minimum atomic E-state index is 0. The molecule has 0 N–H and O–H groups in total. The van der Waals surface area contributed by atoms with Gasteiger partial charge in [-0.05, 0) is 12.8 Å². The van der Waals surface area contributed by atoms with Gasteiger partial charge in [0.25, 0.3) is 0 Å². The Hall–Kier alpha value is -1.96. The van der Waals surface area contributed by atoms with E-state index in [1.807, 2.05) is 12.1 Å². The van der Waals surface area contributed by atoms with E-state index in [0.29, 0.717) is 0 Å². The first kappa shape index (κ1) is 20.8. The first-order valence-electron chi connectivity index (χ1n) is 9.06. The van der Waals surface area contributed by atoms with Crippen LogP contribution in [0.2, 0.25) is 0 Å². The molecule has 0 radical (unpaired) electrons. The van der Waals surface area contributed by atoms with Gasteiger partial charge in [-0.25, -0.2) is 0 Å². The normalized spacial score (nSPS) is 11.4. The third-order valence-corrected chi connectivity index (χ3v) is 5.23. The molecule has 132 valence electrons. The monoisotopic (exact) mass is 410 g/mol. The van der Waals surface area contributed by atoms with Crippen molar-refractivity contribution >= 4 is 0 Å². The molecule has 0 unspecified atom stereocenters. The molecule has 0 saturated heterocycles. The molecule has 0 nitrogen and oxygen atoms in total. The second-order valence-corrected chi connectivity index (χ2v) is 6.79. The molecular weight excluding hydrogens is 393 g/mol. The summed E-state index contributed by atoms with van der Waals surface area (Å²) in [4.78, 5) is 0. The van der Waals surface area contributed by atoms with Crippen LogP contribution in [-0.4, -0.2) is 0 Å². The smallest absolute Gasteiger partial charge is 1.00 e. The quantitative estimate of drug-likeness (QED) is 0.338. The Morgan fingerprint density at radius 3 is 1.36 bits per heavy atom. The standard InChI is InChI=1S/2C13H9.ClH.Sc/c2*1-3-7-12-10(5-1)9-11-6-2-4-8-13(11)12;;/h2*1-5,7-8H,9H2;1H;/q2*-1;;+3/p-1. The Kier molecular flexibility index (Phi) is 6.69. The Morgan fingerprint density at radius 2 is 0.893 bits per heavy atom. The Balaban J connectivity index is 0.000000150. The van der Waals surface area contributed by atoms with Crippen LogP contribution in [0.3, 0.4) is 0 Å². The number of fused-ring (bicyclic) bond motifs is 6. The molecule has 0 saturated carbocycles. The summed E-state index contributed by atoms with van der Waals surface area (Å²) in [5.74, 6) is 0. The van der Waals surface area contributed by atoms with Gasteiger partial charge in [0.05, 0.1) is 0 Å². The van der Waals surface area contributed by atoms with Gasteiger partial charge in [-0.3, -0.25) is 0 Å². The molecule has 0 aliphatic heterocycles. The summed E-state index contributed by atoms with van der Waals surface area (Å²) in [6, 6.07) is 36.2. The molecule has 0 fully saturated rings. The van der Waals surface area contributed by atoms with Gasteiger partial charge >= 0.3 is 25.8 Å². The van der Waals surface area contributed by atoms with Crippen LogP contribution in [0, 0.1) is 12.1 Å². The van der Waals surface area contributed by atoms with Crippen molar-refractivity contribution in [2.45, 2.75) is 12.8 Å². The van der Waals surface area contributed by atoms with E-state index in [4.69, 9.17) is 0 Å². The van der Waals surface area contributed by atoms with Gasteiger partial charge in [0, 0.05) is 0 Å². The maximum Gasteiger partial charge on any atom is 3.00 e. The molecule has 0 spiro atoms. The average molecular weight is 411 g/mol. The van der Waals surface area contributed by atoms with E-state index < -0.39 is 0 Å². The van der Waals surface area contributed by atoms with Crippen LogP contribution in [0.5, 0.6) is 0 Å². The van der Waals surface area contributed by atoms with Gasteiger partial charge in [-0.15, -0.1) is 11.1 Å². The van der Waals surface area contributed by atoms with E-state index in [1.165, 1.54) is 44.5 Å². The van der Waals surface area contributed by atoms with Gasteiger partial charge in [0.1, 0.15) is 0 Å². The molecule has 0 atom stereocenters. The largest absolute Gasteiger partial charge is 3.00 e. The molecule has 4 aromatic carbocycles. The maximum absolute atomic E-state index is 3.30. The number of hydrogen-bond donors (Lipinski definition) is 0. The first-order valence-corrected chi connectivity index (χ1v) is 9.06. The summed E-state index contributed by atoms with van der Waals surface area (Å²) in [7, 11) is 0. The van der Waals surface area contributed by atoms with Crippen molar-refractivity contribution in [2.24, 2.45) is 0 Å². The fourth-order valence-corrected chi connectivity index (χ4v) is 4.00. The number of hydrogen-bond acceptors (Lipinski definition) is 0. The summed E-state index contributed by atoms with van der Waals surface area (Å²) in [6.07, 6.45) is 2.10. The van der Waals surface area contributed by atoms with Crippen molar-refractivity contribution in [3.05, 3.63) is 119 Å². The summed E-state index contributed by atoms with van der Waals surface area (Å²) in [6.45, 7) is 0. The van der Waals surface area contributed by atoms with E-state index in [2.05, 4.69) is 84.9 Å². The minimum Gasteiger partial charge on any atom is -1.00 e. The van der Waals surface area contributed by atoms with Gasteiger partial charge in [0.2, 0.25) is 0 Å². The molecule has 2 aliphatic rings. The van der Waals surface area contributed by atoms with E-state index >= 15 is 0 Å². The predicted molar refractivity (Wildman–Crippen MR) is 107 cm³/mol. The third-order valence-electron chi connectivity index (χ3n) is 5.23. The van der Waals surface area contributed by atoms with E-state index in [0.717, 1.165) is 12.8 Å². The zero-order valence-electron chi connectivity index (χ0n) is 15.5. The fourth-order valence-electron chi connectivity index (χ4n) is 4.00. The molecule has 6 rings (SSSR count). The van der Waals surface area contributed by atoms with Crippen LogP contribution < -0.4 is 12.4 Å². The zero-order chi connectivity index (χ0) is 17.3. The van der Waals surface area contributed by atoms with Crippen molar-refractivity contribution in [1.82, 2.24) is 0 Å². The maximum atomic E-state index is 3.30. The third kappa shape index (κ3) is 3.79. The van der Waals surface area contributed by atoms with E-state index in [9.17, 15) is 0 Å². The molecule has 2 aliphatic carbocycles. The van der Waals surface area contributed by atoms with Crippen LogP contribution in [-0.2, 0) is 38.7 Å². The Labute approximate surface area is 191 Å². The van der Waals surface area contributed by atoms with E-state index in [1.54, 1.807) is 0 Å². The Morgan fingerprint density at radius 1 is 0.500 bits per heavy atom. The van der Waals surface area contributed by atoms with Crippen LogP contribution in [0.1, 0.15) is 22.3 Å². The van der Waals surface area contributed by atoms with Gasteiger partial charge in [-0.1, -0.05) is 70.8 Å². The molecule has 28 heavy (non-hydrogen) atoms. The minimum absolute atomic E-state index is 0. The van der Waals surface area contributed by atoms with Crippen LogP contribution >= 0.6 is 0 Å². The second-order valence-electron chi connectivity index (χ2n) is 6.79. The van der Waals surface area contributed by atoms with Crippen molar-refractivity contribution in [2.75, 3.05) is 0 Å². The summed E-state index contributed by atoms with van der Waals surface area (Å²) >= 11 is 0. The fraction of sp³-hybridized carbons (Fsp3) is 0.0769. The van der Waals surface area contributed by atoms with Crippen LogP contribution in [0.4, 0.5) is 0 Å². The molecular formula is C26H18ClSc. The average Bonchev–Trinajstić information content (AvgIpc) is 3.27. The molecule has 0 bridgehead atoms. The van der Waals surface area contributed by atoms with Crippen LogP contribution in [0.25, 0.3) is 22.3 Å². The number of halogens is 1. The Bertz CT molecular complexity index is 925. The second kappa shape index (κ2) is 9.03. The van der Waals surface area contributed by atoms with Crippen LogP contribution in [0.15, 0.2) is 84.9 Å². The molecule has 4 aromatic rings. The molecule has 0 heterocycles. The van der Waals surface area contributed by atoms with Gasteiger partial charge < -0.3 is 12.4 Å². The van der Waals surface area contributed by atoms with Crippen molar-refractivity contribution < 1.29 is 38.3 Å². The zero-order valence-corrected chi connectivity index (χ0v) is 18.0. The van der Waals surface area contributed by atoms with Crippen molar-refractivity contribution in [1.29, 1.82) is 0 Å². The van der Waals surface area contributed by atoms with Crippen molar-refractivity contribution in [3.8, 4) is 22.3 Å². The number of rotatable bonds is 0.